The summed E-state index contributed by atoms with van der Waals surface area (Å²) in [5.74, 6) is 1.30. The number of ether oxygens (including phenoxy) is 1. The minimum absolute atomic E-state index is 0.00615. The maximum atomic E-state index is 11.8. The molecule has 1 aromatic carbocycles. The standard InChI is InChI=1S/C17H21NO3/c1-17(2,3)14-8-4-5-9-15(14)21-12-16(19)18-11-13-7-6-10-20-13/h4-10H,11-12H2,1-3H3,(H,18,19). The summed E-state index contributed by atoms with van der Waals surface area (Å²) in [5, 5.41) is 2.76. The molecule has 0 unspecified atom stereocenters. The lowest BCUT2D eigenvalue weighted by Crippen LogP contribution is -2.28. The first-order chi connectivity index (χ1) is 9.97. The van der Waals surface area contributed by atoms with Crippen LogP contribution in [0.1, 0.15) is 32.1 Å². The maximum absolute atomic E-state index is 11.8. The van der Waals surface area contributed by atoms with Crippen molar-refractivity contribution in [1.82, 2.24) is 5.32 Å². The first kappa shape index (κ1) is 15.2. The van der Waals surface area contributed by atoms with E-state index < -0.39 is 0 Å². The highest BCUT2D eigenvalue weighted by Gasteiger charge is 2.18. The van der Waals surface area contributed by atoms with Crippen molar-refractivity contribution in [3.63, 3.8) is 0 Å². The van der Waals surface area contributed by atoms with Gasteiger partial charge in [-0.15, -0.1) is 0 Å². The molecule has 1 heterocycles. The molecule has 1 N–H and O–H groups in total. The first-order valence-corrected chi connectivity index (χ1v) is 6.98. The molecule has 0 aliphatic carbocycles. The van der Waals surface area contributed by atoms with E-state index >= 15 is 0 Å². The number of carbonyl (C=O) groups is 1. The highest BCUT2D eigenvalue weighted by Crippen LogP contribution is 2.30. The molecule has 1 amide bonds. The molecular weight excluding hydrogens is 266 g/mol. The highest BCUT2D eigenvalue weighted by molar-refractivity contribution is 5.77. The zero-order chi connectivity index (χ0) is 15.3. The Kier molecular flexibility index (Phi) is 4.68. The zero-order valence-electron chi connectivity index (χ0n) is 12.7. The number of furan rings is 1. The van der Waals surface area contributed by atoms with Crippen LogP contribution in [0.5, 0.6) is 5.75 Å². The zero-order valence-corrected chi connectivity index (χ0v) is 12.7. The van der Waals surface area contributed by atoms with Crippen molar-refractivity contribution in [2.75, 3.05) is 6.61 Å². The van der Waals surface area contributed by atoms with Gasteiger partial charge < -0.3 is 14.5 Å². The van der Waals surface area contributed by atoms with Crippen LogP contribution in [0.15, 0.2) is 47.1 Å². The lowest BCUT2D eigenvalue weighted by molar-refractivity contribution is -0.123. The van der Waals surface area contributed by atoms with Crippen molar-refractivity contribution in [2.24, 2.45) is 0 Å². The van der Waals surface area contributed by atoms with Gasteiger partial charge in [0.05, 0.1) is 12.8 Å². The molecule has 4 heteroatoms. The molecule has 2 rings (SSSR count). The predicted molar refractivity (Wildman–Crippen MR) is 81.2 cm³/mol. The minimum atomic E-state index is -0.171. The molecule has 112 valence electrons. The number of rotatable bonds is 5. The lowest BCUT2D eigenvalue weighted by Gasteiger charge is -2.22. The van der Waals surface area contributed by atoms with E-state index in [1.807, 2.05) is 30.3 Å². The van der Waals surface area contributed by atoms with E-state index in [1.165, 1.54) is 0 Å². The molecule has 0 bridgehead atoms. The summed E-state index contributed by atoms with van der Waals surface area (Å²) in [4.78, 5) is 11.8. The Labute approximate surface area is 125 Å². The van der Waals surface area contributed by atoms with Crippen LogP contribution in [0, 0.1) is 0 Å². The molecule has 21 heavy (non-hydrogen) atoms. The number of carbonyl (C=O) groups excluding carboxylic acids is 1. The van der Waals surface area contributed by atoms with E-state index in [0.29, 0.717) is 6.54 Å². The molecule has 0 saturated heterocycles. The second-order valence-electron chi connectivity index (χ2n) is 5.89. The fourth-order valence-electron chi connectivity index (χ4n) is 2.01. The van der Waals surface area contributed by atoms with Crippen LogP contribution in [0.3, 0.4) is 0 Å². The number of benzene rings is 1. The molecule has 1 aromatic heterocycles. The molecule has 2 aromatic rings. The van der Waals surface area contributed by atoms with Gasteiger partial charge in [-0.05, 0) is 29.2 Å². The summed E-state index contributed by atoms with van der Waals surface area (Å²) >= 11 is 0. The van der Waals surface area contributed by atoms with E-state index in [4.69, 9.17) is 9.15 Å². The van der Waals surface area contributed by atoms with Gasteiger partial charge in [0.1, 0.15) is 11.5 Å². The smallest absolute Gasteiger partial charge is 0.258 e. The monoisotopic (exact) mass is 287 g/mol. The fourth-order valence-corrected chi connectivity index (χ4v) is 2.01. The van der Waals surface area contributed by atoms with E-state index in [2.05, 4.69) is 26.1 Å². The summed E-state index contributed by atoms with van der Waals surface area (Å²) in [6, 6.07) is 11.4. The second-order valence-corrected chi connectivity index (χ2v) is 5.89. The Morgan fingerprint density at radius 2 is 1.95 bits per heavy atom. The molecule has 4 nitrogen and oxygen atoms in total. The van der Waals surface area contributed by atoms with Crippen LogP contribution in [0.25, 0.3) is 0 Å². The highest BCUT2D eigenvalue weighted by atomic mass is 16.5. The van der Waals surface area contributed by atoms with E-state index in [9.17, 15) is 4.79 Å². The summed E-state index contributed by atoms with van der Waals surface area (Å²) < 4.78 is 10.8. The van der Waals surface area contributed by atoms with Gasteiger partial charge in [-0.25, -0.2) is 0 Å². The largest absolute Gasteiger partial charge is 0.483 e. The predicted octanol–water partition coefficient (Wildman–Crippen LogP) is 3.27. The van der Waals surface area contributed by atoms with Crippen molar-refractivity contribution in [3.05, 3.63) is 54.0 Å². The van der Waals surface area contributed by atoms with Gasteiger partial charge in [0.15, 0.2) is 6.61 Å². The number of hydrogen-bond acceptors (Lipinski definition) is 3. The molecule has 0 aliphatic rings. The average molecular weight is 287 g/mol. The minimum Gasteiger partial charge on any atom is -0.483 e. The number of nitrogens with one attached hydrogen (secondary N) is 1. The number of hydrogen-bond donors (Lipinski definition) is 1. The van der Waals surface area contributed by atoms with Crippen LogP contribution < -0.4 is 10.1 Å². The molecule has 0 radical (unpaired) electrons. The van der Waals surface area contributed by atoms with Crippen LogP contribution in [-0.2, 0) is 16.8 Å². The molecule has 0 spiro atoms. The van der Waals surface area contributed by atoms with Crippen molar-refractivity contribution in [1.29, 1.82) is 0 Å². The molecular formula is C17H21NO3. The fraction of sp³-hybridized carbons (Fsp3) is 0.353. The van der Waals surface area contributed by atoms with Crippen LogP contribution in [0.2, 0.25) is 0 Å². The van der Waals surface area contributed by atoms with Crippen LogP contribution in [0.4, 0.5) is 0 Å². The quantitative estimate of drug-likeness (QED) is 0.918. The number of amides is 1. The van der Waals surface area contributed by atoms with Crippen LogP contribution in [-0.4, -0.2) is 12.5 Å². The normalized spacial score (nSPS) is 11.2. The Morgan fingerprint density at radius 1 is 1.19 bits per heavy atom. The third-order valence-electron chi connectivity index (χ3n) is 3.09. The average Bonchev–Trinajstić information content (AvgIpc) is 2.95. The lowest BCUT2D eigenvalue weighted by atomic mass is 9.86. The second kappa shape index (κ2) is 6.48. The third kappa shape index (κ3) is 4.38. The number of para-hydroxylation sites is 1. The van der Waals surface area contributed by atoms with Gasteiger partial charge in [-0.3, -0.25) is 4.79 Å². The van der Waals surface area contributed by atoms with E-state index in [1.54, 1.807) is 12.3 Å². The Balaban J connectivity index is 1.89. The Morgan fingerprint density at radius 3 is 2.62 bits per heavy atom. The van der Waals surface area contributed by atoms with Gasteiger partial charge in [-0.2, -0.15) is 0 Å². The van der Waals surface area contributed by atoms with Gasteiger partial charge in [-0.1, -0.05) is 39.0 Å². The molecule has 0 atom stereocenters. The summed E-state index contributed by atoms with van der Waals surface area (Å²) in [6.45, 7) is 6.72. The third-order valence-corrected chi connectivity index (χ3v) is 3.09. The van der Waals surface area contributed by atoms with Crippen molar-refractivity contribution in [3.8, 4) is 5.75 Å². The summed E-state index contributed by atoms with van der Waals surface area (Å²) in [6.07, 6.45) is 1.58. The summed E-state index contributed by atoms with van der Waals surface area (Å²) in [5.41, 5.74) is 1.06. The molecule has 0 fully saturated rings. The summed E-state index contributed by atoms with van der Waals surface area (Å²) in [7, 11) is 0. The van der Waals surface area contributed by atoms with Crippen molar-refractivity contribution >= 4 is 5.91 Å². The Hall–Kier alpha value is -2.23. The van der Waals surface area contributed by atoms with Gasteiger partial charge >= 0.3 is 0 Å². The topological polar surface area (TPSA) is 51.5 Å². The molecule has 0 aliphatic heterocycles. The van der Waals surface area contributed by atoms with E-state index in [0.717, 1.165) is 17.1 Å². The first-order valence-electron chi connectivity index (χ1n) is 6.98. The molecule has 0 saturated carbocycles. The SMILES string of the molecule is CC(C)(C)c1ccccc1OCC(=O)NCc1ccco1. The van der Waals surface area contributed by atoms with Crippen molar-refractivity contribution in [2.45, 2.75) is 32.7 Å². The van der Waals surface area contributed by atoms with Gasteiger partial charge in [0.25, 0.3) is 5.91 Å². The van der Waals surface area contributed by atoms with Gasteiger partial charge in [0.2, 0.25) is 0 Å². The van der Waals surface area contributed by atoms with Crippen LogP contribution >= 0.6 is 0 Å². The van der Waals surface area contributed by atoms with Gasteiger partial charge in [0, 0.05) is 0 Å². The van der Waals surface area contributed by atoms with E-state index in [-0.39, 0.29) is 17.9 Å². The van der Waals surface area contributed by atoms with Crippen molar-refractivity contribution < 1.29 is 13.9 Å². The maximum Gasteiger partial charge on any atom is 0.258 e. The Bertz CT molecular complexity index is 582.